The summed E-state index contributed by atoms with van der Waals surface area (Å²) >= 11 is 5.98. The summed E-state index contributed by atoms with van der Waals surface area (Å²) in [5, 5.41) is 0.387. The van der Waals surface area contributed by atoms with Crippen molar-refractivity contribution in [1.29, 1.82) is 0 Å². The summed E-state index contributed by atoms with van der Waals surface area (Å²) in [6.45, 7) is 3.25. The fraction of sp³-hybridized carbons (Fsp3) is 0.364. The molecule has 0 fully saturated rings. The minimum absolute atomic E-state index is 0.0848. The van der Waals surface area contributed by atoms with E-state index in [1.807, 2.05) is 0 Å². The minimum atomic E-state index is -0.0848. The van der Waals surface area contributed by atoms with Crippen molar-refractivity contribution in [3.05, 3.63) is 22.2 Å². The molecule has 0 aliphatic carbocycles. The van der Waals surface area contributed by atoms with Gasteiger partial charge in [-0.2, -0.15) is 0 Å². The molecule has 1 aromatic rings. The van der Waals surface area contributed by atoms with Crippen molar-refractivity contribution in [3.63, 3.8) is 0 Å². The van der Waals surface area contributed by atoms with Crippen LogP contribution < -0.4 is 9.47 Å². The van der Waals surface area contributed by atoms with Gasteiger partial charge in [-0.05, 0) is 13.8 Å². The molecule has 0 atom stereocenters. The molecule has 1 rings (SSSR count). The number of Topliss-reactive ketones (excluding diaryl/α,β-unsaturated/α-hetero) is 1. The molecule has 0 amide bonds. The summed E-state index contributed by atoms with van der Waals surface area (Å²) in [7, 11) is 3.06. The van der Waals surface area contributed by atoms with Crippen LogP contribution in [-0.2, 0) is 0 Å². The molecule has 0 unspecified atom stereocenters. The Hall–Kier alpha value is -1.22. The van der Waals surface area contributed by atoms with Crippen molar-refractivity contribution in [1.82, 2.24) is 0 Å². The van der Waals surface area contributed by atoms with Gasteiger partial charge in [0, 0.05) is 17.2 Å². The van der Waals surface area contributed by atoms with Crippen molar-refractivity contribution in [2.75, 3.05) is 14.2 Å². The van der Waals surface area contributed by atoms with E-state index in [0.717, 1.165) is 0 Å². The van der Waals surface area contributed by atoms with Gasteiger partial charge in [0.25, 0.3) is 0 Å². The van der Waals surface area contributed by atoms with Gasteiger partial charge in [0.1, 0.15) is 0 Å². The third-order valence-electron chi connectivity index (χ3n) is 2.21. The van der Waals surface area contributed by atoms with Crippen LogP contribution in [0.2, 0.25) is 5.02 Å². The summed E-state index contributed by atoms with van der Waals surface area (Å²) < 4.78 is 10.3. The predicted octanol–water partition coefficient (Wildman–Crippen LogP) is 2.87. The number of carbonyl (C=O) groups is 1. The molecule has 0 radical (unpaired) electrons. The quantitative estimate of drug-likeness (QED) is 0.747. The van der Waals surface area contributed by atoms with E-state index in [0.29, 0.717) is 27.6 Å². The Morgan fingerprint density at radius 3 is 2.33 bits per heavy atom. The van der Waals surface area contributed by atoms with Crippen molar-refractivity contribution < 1.29 is 14.3 Å². The summed E-state index contributed by atoms with van der Waals surface area (Å²) in [4.78, 5) is 11.4. The number of ketones is 1. The molecule has 0 spiro atoms. The van der Waals surface area contributed by atoms with E-state index in [1.54, 1.807) is 13.0 Å². The number of carbonyl (C=O) groups excluding carboxylic acids is 1. The van der Waals surface area contributed by atoms with E-state index in [4.69, 9.17) is 21.1 Å². The van der Waals surface area contributed by atoms with Crippen LogP contribution in [-0.4, -0.2) is 20.0 Å². The van der Waals surface area contributed by atoms with Crippen LogP contribution in [0.15, 0.2) is 6.07 Å². The fourth-order valence-electron chi connectivity index (χ4n) is 1.57. The Balaban J connectivity index is 3.51. The first-order valence-electron chi connectivity index (χ1n) is 4.45. The first-order valence-corrected chi connectivity index (χ1v) is 4.82. The van der Waals surface area contributed by atoms with Crippen LogP contribution >= 0.6 is 11.6 Å². The topological polar surface area (TPSA) is 35.5 Å². The lowest BCUT2D eigenvalue weighted by Gasteiger charge is -2.14. The Labute approximate surface area is 93.9 Å². The zero-order valence-corrected chi connectivity index (χ0v) is 9.94. The smallest absolute Gasteiger partial charge is 0.164 e. The SMILES string of the molecule is COc1cc(Cl)c(C(C)=O)c(C)c1OC. The second-order valence-electron chi connectivity index (χ2n) is 3.15. The Kier molecular flexibility index (Phi) is 3.58. The lowest BCUT2D eigenvalue weighted by atomic mass is 10.0. The summed E-state index contributed by atoms with van der Waals surface area (Å²) in [6.07, 6.45) is 0. The lowest BCUT2D eigenvalue weighted by Crippen LogP contribution is -2.02. The average Bonchev–Trinajstić information content (AvgIpc) is 2.16. The number of hydrogen-bond acceptors (Lipinski definition) is 3. The number of methoxy groups -OCH3 is 2. The molecule has 0 saturated heterocycles. The zero-order chi connectivity index (χ0) is 11.6. The molecule has 1 aromatic carbocycles. The second kappa shape index (κ2) is 4.53. The Morgan fingerprint density at radius 2 is 1.93 bits per heavy atom. The third kappa shape index (κ3) is 2.07. The van der Waals surface area contributed by atoms with Crippen molar-refractivity contribution in [3.8, 4) is 11.5 Å². The maximum atomic E-state index is 11.4. The standard InChI is InChI=1S/C11H13ClO3/c1-6-10(7(2)13)8(12)5-9(14-3)11(6)15-4/h5H,1-4H3. The Morgan fingerprint density at radius 1 is 1.33 bits per heavy atom. The molecule has 0 aliphatic rings. The van der Waals surface area contributed by atoms with E-state index in [2.05, 4.69) is 0 Å². The van der Waals surface area contributed by atoms with E-state index in [1.165, 1.54) is 21.1 Å². The monoisotopic (exact) mass is 228 g/mol. The van der Waals surface area contributed by atoms with Crippen molar-refractivity contribution >= 4 is 17.4 Å². The first-order chi connectivity index (χ1) is 7.02. The third-order valence-corrected chi connectivity index (χ3v) is 2.51. The number of benzene rings is 1. The van der Waals surface area contributed by atoms with Gasteiger partial charge in [-0.15, -0.1) is 0 Å². The molecule has 0 aliphatic heterocycles. The lowest BCUT2D eigenvalue weighted by molar-refractivity contribution is 0.101. The van der Waals surface area contributed by atoms with Gasteiger partial charge in [0.05, 0.1) is 19.2 Å². The molecule has 0 aromatic heterocycles. The van der Waals surface area contributed by atoms with Crippen LogP contribution in [0.3, 0.4) is 0 Å². The van der Waals surface area contributed by atoms with E-state index in [9.17, 15) is 4.79 Å². The van der Waals surface area contributed by atoms with Gasteiger partial charge in [-0.3, -0.25) is 4.79 Å². The largest absolute Gasteiger partial charge is 0.493 e. The predicted molar refractivity (Wildman–Crippen MR) is 59.3 cm³/mol. The molecule has 3 nitrogen and oxygen atoms in total. The van der Waals surface area contributed by atoms with Crippen molar-refractivity contribution in [2.45, 2.75) is 13.8 Å². The highest BCUT2D eigenvalue weighted by Crippen LogP contribution is 2.37. The van der Waals surface area contributed by atoms with Crippen molar-refractivity contribution in [2.24, 2.45) is 0 Å². The number of ether oxygens (including phenoxy) is 2. The normalized spacial score (nSPS) is 9.93. The van der Waals surface area contributed by atoms with Gasteiger partial charge >= 0.3 is 0 Å². The zero-order valence-electron chi connectivity index (χ0n) is 9.18. The summed E-state index contributed by atoms with van der Waals surface area (Å²) in [6, 6.07) is 1.59. The van der Waals surface area contributed by atoms with Gasteiger partial charge in [0.15, 0.2) is 17.3 Å². The van der Waals surface area contributed by atoms with Crippen LogP contribution in [0.1, 0.15) is 22.8 Å². The highest BCUT2D eigenvalue weighted by atomic mass is 35.5. The molecule has 4 heteroatoms. The average molecular weight is 229 g/mol. The molecular formula is C11H13ClO3. The van der Waals surface area contributed by atoms with Crippen LogP contribution in [0.25, 0.3) is 0 Å². The van der Waals surface area contributed by atoms with Gasteiger partial charge < -0.3 is 9.47 Å². The number of hydrogen-bond donors (Lipinski definition) is 0. The number of rotatable bonds is 3. The fourth-order valence-corrected chi connectivity index (χ4v) is 1.94. The van der Waals surface area contributed by atoms with Crippen LogP contribution in [0, 0.1) is 6.92 Å². The maximum absolute atomic E-state index is 11.4. The first kappa shape index (κ1) is 11.9. The minimum Gasteiger partial charge on any atom is -0.493 e. The highest BCUT2D eigenvalue weighted by molar-refractivity contribution is 6.34. The molecule has 0 saturated carbocycles. The van der Waals surface area contributed by atoms with Crippen LogP contribution in [0.4, 0.5) is 0 Å². The summed E-state index contributed by atoms with van der Waals surface area (Å²) in [5.41, 5.74) is 1.18. The van der Waals surface area contributed by atoms with Gasteiger partial charge in [-0.25, -0.2) is 0 Å². The van der Waals surface area contributed by atoms with E-state index >= 15 is 0 Å². The van der Waals surface area contributed by atoms with Crippen LogP contribution in [0.5, 0.6) is 11.5 Å². The molecule has 15 heavy (non-hydrogen) atoms. The van der Waals surface area contributed by atoms with Gasteiger partial charge in [0.2, 0.25) is 0 Å². The maximum Gasteiger partial charge on any atom is 0.164 e. The number of halogens is 1. The highest BCUT2D eigenvalue weighted by Gasteiger charge is 2.17. The van der Waals surface area contributed by atoms with E-state index < -0.39 is 0 Å². The van der Waals surface area contributed by atoms with E-state index in [-0.39, 0.29) is 5.78 Å². The molecule has 0 N–H and O–H groups in total. The molecule has 82 valence electrons. The Bertz CT molecular complexity index is 399. The molecule has 0 heterocycles. The summed E-state index contributed by atoms with van der Waals surface area (Å²) in [5.74, 6) is 0.996. The molecular weight excluding hydrogens is 216 g/mol. The molecule has 0 bridgehead atoms. The van der Waals surface area contributed by atoms with Gasteiger partial charge in [-0.1, -0.05) is 11.6 Å². The second-order valence-corrected chi connectivity index (χ2v) is 3.56.